The maximum absolute atomic E-state index is 12.3. The predicted octanol–water partition coefficient (Wildman–Crippen LogP) is 3.98. The SMILES string of the molecule is Cc1cc(OCC(=O)OCC(=O)c2ccc3c(c2)[C@H](C)C(=O)N3)ccc1C(C)C. The van der Waals surface area contributed by atoms with Crippen LogP contribution in [-0.2, 0) is 14.3 Å². The third kappa shape index (κ3) is 4.65. The van der Waals surface area contributed by atoms with E-state index >= 15 is 0 Å². The molecule has 1 N–H and O–H groups in total. The van der Waals surface area contributed by atoms with Crippen LogP contribution in [0.4, 0.5) is 5.69 Å². The quantitative estimate of drug-likeness (QED) is 0.566. The monoisotopic (exact) mass is 395 g/mol. The fraction of sp³-hybridized carbons (Fsp3) is 0.348. The third-order valence-corrected chi connectivity index (χ3v) is 5.08. The number of fused-ring (bicyclic) bond motifs is 1. The highest BCUT2D eigenvalue weighted by Crippen LogP contribution is 2.32. The number of hydrogen-bond donors (Lipinski definition) is 1. The van der Waals surface area contributed by atoms with Crippen molar-refractivity contribution in [2.45, 2.75) is 39.5 Å². The van der Waals surface area contributed by atoms with Crippen LogP contribution in [0.15, 0.2) is 36.4 Å². The molecular formula is C23H25NO5. The van der Waals surface area contributed by atoms with Crippen molar-refractivity contribution in [2.75, 3.05) is 18.5 Å². The first-order valence-electron chi connectivity index (χ1n) is 9.63. The Hall–Kier alpha value is -3.15. The van der Waals surface area contributed by atoms with Gasteiger partial charge in [0.25, 0.3) is 0 Å². The highest BCUT2D eigenvalue weighted by Gasteiger charge is 2.27. The Bertz CT molecular complexity index is 964. The lowest BCUT2D eigenvalue weighted by molar-refractivity contribution is -0.144. The molecule has 152 valence electrons. The van der Waals surface area contributed by atoms with E-state index in [9.17, 15) is 14.4 Å². The lowest BCUT2D eigenvalue weighted by atomic mass is 9.98. The molecule has 1 aliphatic rings. The summed E-state index contributed by atoms with van der Waals surface area (Å²) in [6.45, 7) is 7.37. The number of Topliss-reactive ketones (excluding diaryl/α,β-unsaturated/α-hetero) is 1. The summed E-state index contributed by atoms with van der Waals surface area (Å²) in [6.07, 6.45) is 0. The number of benzene rings is 2. The fourth-order valence-corrected chi connectivity index (χ4v) is 3.39. The first-order chi connectivity index (χ1) is 13.8. The molecule has 0 saturated carbocycles. The standard InChI is InChI=1S/C23H25NO5/c1-13(2)18-7-6-17(9-14(18)3)28-12-22(26)29-11-21(25)16-5-8-20-19(10-16)15(4)23(27)24-20/h5-10,13,15H,11-12H2,1-4H3,(H,24,27)/t15-/m0/s1. The van der Waals surface area contributed by atoms with Crippen LogP contribution >= 0.6 is 0 Å². The molecule has 1 atom stereocenters. The molecule has 0 aliphatic carbocycles. The van der Waals surface area contributed by atoms with Crippen LogP contribution in [0.5, 0.6) is 5.75 Å². The summed E-state index contributed by atoms with van der Waals surface area (Å²) in [7, 11) is 0. The Morgan fingerprint density at radius 1 is 1.10 bits per heavy atom. The second-order valence-electron chi connectivity index (χ2n) is 7.56. The summed E-state index contributed by atoms with van der Waals surface area (Å²) in [6, 6.07) is 10.7. The Kier molecular flexibility index (Phi) is 6.01. The molecule has 2 aromatic rings. The summed E-state index contributed by atoms with van der Waals surface area (Å²) in [5, 5.41) is 2.76. The largest absolute Gasteiger partial charge is 0.482 e. The van der Waals surface area contributed by atoms with Gasteiger partial charge in [0.1, 0.15) is 5.75 Å². The first-order valence-corrected chi connectivity index (χ1v) is 9.63. The van der Waals surface area contributed by atoms with Crippen LogP contribution < -0.4 is 10.1 Å². The molecule has 0 bridgehead atoms. The first kappa shape index (κ1) is 20.6. The fourth-order valence-electron chi connectivity index (χ4n) is 3.39. The number of rotatable bonds is 7. The molecule has 6 nitrogen and oxygen atoms in total. The lowest BCUT2D eigenvalue weighted by Crippen LogP contribution is -2.19. The van der Waals surface area contributed by atoms with Crippen molar-refractivity contribution < 1.29 is 23.9 Å². The average molecular weight is 395 g/mol. The minimum atomic E-state index is -0.615. The summed E-state index contributed by atoms with van der Waals surface area (Å²) in [4.78, 5) is 36.0. The van der Waals surface area contributed by atoms with Gasteiger partial charge in [0.15, 0.2) is 19.0 Å². The van der Waals surface area contributed by atoms with Crippen LogP contribution in [0.2, 0.25) is 0 Å². The van der Waals surface area contributed by atoms with E-state index in [4.69, 9.17) is 9.47 Å². The maximum Gasteiger partial charge on any atom is 0.344 e. The highest BCUT2D eigenvalue weighted by molar-refractivity contribution is 6.05. The van der Waals surface area contributed by atoms with E-state index in [1.54, 1.807) is 25.1 Å². The van der Waals surface area contributed by atoms with Crippen molar-refractivity contribution in [1.29, 1.82) is 0 Å². The maximum atomic E-state index is 12.3. The minimum absolute atomic E-state index is 0.0927. The van der Waals surface area contributed by atoms with Gasteiger partial charge in [0.05, 0.1) is 5.92 Å². The van der Waals surface area contributed by atoms with Crippen LogP contribution in [0.25, 0.3) is 0 Å². The van der Waals surface area contributed by atoms with Crippen molar-refractivity contribution in [2.24, 2.45) is 0 Å². The average Bonchev–Trinajstić information content (AvgIpc) is 2.97. The van der Waals surface area contributed by atoms with Crippen molar-refractivity contribution >= 4 is 23.3 Å². The highest BCUT2D eigenvalue weighted by atomic mass is 16.6. The molecule has 0 unspecified atom stereocenters. The van der Waals surface area contributed by atoms with E-state index in [2.05, 4.69) is 19.2 Å². The van der Waals surface area contributed by atoms with Gasteiger partial charge in [0, 0.05) is 11.3 Å². The molecule has 3 rings (SSSR count). The number of anilines is 1. The summed E-state index contributed by atoms with van der Waals surface area (Å²) >= 11 is 0. The van der Waals surface area contributed by atoms with E-state index in [1.165, 1.54) is 5.56 Å². The number of aryl methyl sites for hydroxylation is 1. The zero-order valence-corrected chi connectivity index (χ0v) is 17.1. The normalized spacial score (nSPS) is 15.1. The van der Waals surface area contributed by atoms with Gasteiger partial charge >= 0.3 is 5.97 Å². The zero-order chi connectivity index (χ0) is 21.1. The predicted molar refractivity (Wildman–Crippen MR) is 110 cm³/mol. The minimum Gasteiger partial charge on any atom is -0.482 e. The van der Waals surface area contributed by atoms with Gasteiger partial charge < -0.3 is 14.8 Å². The van der Waals surface area contributed by atoms with Crippen LogP contribution in [0.3, 0.4) is 0 Å². The summed E-state index contributed by atoms with van der Waals surface area (Å²) in [5.74, 6) is -0.347. The number of nitrogens with one attached hydrogen (secondary N) is 1. The Morgan fingerprint density at radius 3 is 2.55 bits per heavy atom. The number of amides is 1. The van der Waals surface area contributed by atoms with Crippen molar-refractivity contribution in [3.05, 3.63) is 58.7 Å². The third-order valence-electron chi connectivity index (χ3n) is 5.08. The number of carbonyl (C=O) groups is 3. The molecule has 0 spiro atoms. The molecule has 1 aliphatic heterocycles. The molecule has 0 fully saturated rings. The number of hydrogen-bond acceptors (Lipinski definition) is 5. The second-order valence-corrected chi connectivity index (χ2v) is 7.56. The van der Waals surface area contributed by atoms with Gasteiger partial charge in [-0.3, -0.25) is 9.59 Å². The summed E-state index contributed by atoms with van der Waals surface area (Å²) < 4.78 is 10.5. The van der Waals surface area contributed by atoms with Gasteiger partial charge in [-0.25, -0.2) is 4.79 Å². The van der Waals surface area contributed by atoms with Gasteiger partial charge in [-0.05, 0) is 66.8 Å². The van der Waals surface area contributed by atoms with Gasteiger partial charge in [-0.2, -0.15) is 0 Å². The molecule has 0 aromatic heterocycles. The second kappa shape index (κ2) is 8.47. The van der Waals surface area contributed by atoms with E-state index in [-0.39, 0.29) is 30.8 Å². The molecule has 2 aromatic carbocycles. The van der Waals surface area contributed by atoms with Gasteiger partial charge in [-0.1, -0.05) is 19.9 Å². The molecule has 0 radical (unpaired) electrons. The van der Waals surface area contributed by atoms with Crippen molar-refractivity contribution in [3.8, 4) is 5.75 Å². The van der Waals surface area contributed by atoms with E-state index < -0.39 is 5.97 Å². The number of carbonyl (C=O) groups excluding carboxylic acids is 3. The lowest BCUT2D eigenvalue weighted by Gasteiger charge is -2.12. The van der Waals surface area contributed by atoms with E-state index in [1.807, 2.05) is 25.1 Å². The molecule has 0 saturated heterocycles. The van der Waals surface area contributed by atoms with Gasteiger partial charge in [-0.15, -0.1) is 0 Å². The van der Waals surface area contributed by atoms with Crippen molar-refractivity contribution in [1.82, 2.24) is 0 Å². The van der Waals surface area contributed by atoms with Gasteiger partial charge in [0.2, 0.25) is 5.91 Å². The Balaban J connectivity index is 1.52. The molecule has 1 heterocycles. The van der Waals surface area contributed by atoms with Crippen molar-refractivity contribution in [3.63, 3.8) is 0 Å². The molecule has 29 heavy (non-hydrogen) atoms. The Morgan fingerprint density at radius 2 is 1.86 bits per heavy atom. The number of ether oxygens (including phenoxy) is 2. The Labute approximate surface area is 170 Å². The summed E-state index contributed by atoms with van der Waals surface area (Å²) in [5.41, 5.74) is 4.21. The smallest absolute Gasteiger partial charge is 0.344 e. The van der Waals surface area contributed by atoms with Crippen LogP contribution in [-0.4, -0.2) is 30.9 Å². The zero-order valence-electron chi connectivity index (χ0n) is 17.1. The topological polar surface area (TPSA) is 81.7 Å². The molecular weight excluding hydrogens is 370 g/mol. The van der Waals surface area contributed by atoms with E-state index in [0.29, 0.717) is 22.9 Å². The van der Waals surface area contributed by atoms with Crippen LogP contribution in [0, 0.1) is 6.92 Å². The number of esters is 1. The molecule has 6 heteroatoms. The number of ketones is 1. The van der Waals surface area contributed by atoms with E-state index in [0.717, 1.165) is 11.1 Å². The van der Waals surface area contributed by atoms with Crippen LogP contribution in [0.1, 0.15) is 59.7 Å². The molecule has 1 amide bonds.